The maximum atomic E-state index is 12.5. The molecule has 0 fully saturated rings. The Kier molecular flexibility index (Phi) is 6.13. The van der Waals surface area contributed by atoms with Crippen LogP contribution < -0.4 is 0 Å². The summed E-state index contributed by atoms with van der Waals surface area (Å²) in [5.74, 6) is -1.20. The molecular formula is C19H24O4. The Morgan fingerprint density at radius 2 is 1.96 bits per heavy atom. The molecule has 0 saturated heterocycles. The van der Waals surface area contributed by atoms with Crippen molar-refractivity contribution < 1.29 is 19.4 Å². The Morgan fingerprint density at radius 1 is 1.22 bits per heavy atom. The number of allylic oxidation sites excluding steroid dienone is 2. The van der Waals surface area contributed by atoms with E-state index in [-0.39, 0.29) is 18.0 Å². The summed E-state index contributed by atoms with van der Waals surface area (Å²) >= 11 is 0. The highest BCUT2D eigenvalue weighted by atomic mass is 16.7. The molecule has 1 aliphatic rings. The van der Waals surface area contributed by atoms with Gasteiger partial charge >= 0.3 is 0 Å². The zero-order valence-electron chi connectivity index (χ0n) is 13.7. The summed E-state index contributed by atoms with van der Waals surface area (Å²) in [4.78, 5) is 12.5. The second-order valence-corrected chi connectivity index (χ2v) is 5.51. The van der Waals surface area contributed by atoms with E-state index >= 15 is 0 Å². The first-order chi connectivity index (χ1) is 11.1. The van der Waals surface area contributed by atoms with E-state index in [2.05, 4.69) is 6.92 Å². The van der Waals surface area contributed by atoms with Crippen molar-refractivity contribution in [3.63, 3.8) is 0 Å². The molecule has 4 heteroatoms. The lowest BCUT2D eigenvalue weighted by atomic mass is 9.92. The second kappa shape index (κ2) is 8.09. The SMILES string of the molecule is CCCCOC1(OCC)C=CC(=C(O)c2ccccc2)C(=O)C1. The monoisotopic (exact) mass is 316 g/mol. The maximum absolute atomic E-state index is 12.5. The predicted molar refractivity (Wildman–Crippen MR) is 90.0 cm³/mol. The number of unbranched alkanes of at least 4 members (excludes halogenated alkanes) is 1. The minimum absolute atomic E-state index is 0.00879. The summed E-state index contributed by atoms with van der Waals surface area (Å²) in [5, 5.41) is 10.4. The summed E-state index contributed by atoms with van der Waals surface area (Å²) in [6, 6.07) is 9.04. The fourth-order valence-electron chi connectivity index (χ4n) is 2.52. The van der Waals surface area contributed by atoms with Gasteiger partial charge in [0.1, 0.15) is 5.76 Å². The average Bonchev–Trinajstić information content (AvgIpc) is 2.56. The molecule has 0 radical (unpaired) electrons. The molecule has 1 aromatic carbocycles. The van der Waals surface area contributed by atoms with Gasteiger partial charge in [-0.05, 0) is 25.5 Å². The van der Waals surface area contributed by atoms with E-state index in [1.54, 1.807) is 24.3 Å². The Labute approximate surface area is 137 Å². The van der Waals surface area contributed by atoms with Crippen molar-refractivity contribution >= 4 is 11.5 Å². The lowest BCUT2D eigenvalue weighted by Gasteiger charge is -2.33. The Morgan fingerprint density at radius 3 is 2.57 bits per heavy atom. The smallest absolute Gasteiger partial charge is 0.195 e. The fourth-order valence-corrected chi connectivity index (χ4v) is 2.52. The number of ketones is 1. The minimum Gasteiger partial charge on any atom is -0.507 e. The molecule has 2 rings (SSSR count). The van der Waals surface area contributed by atoms with Crippen molar-refractivity contribution in [2.45, 2.75) is 38.9 Å². The molecule has 1 atom stereocenters. The van der Waals surface area contributed by atoms with Gasteiger partial charge in [-0.3, -0.25) is 4.79 Å². The third-order valence-electron chi connectivity index (χ3n) is 3.75. The molecule has 1 N–H and O–H groups in total. The van der Waals surface area contributed by atoms with E-state index in [1.165, 1.54) is 0 Å². The number of aliphatic hydroxyl groups excluding tert-OH is 1. The molecule has 0 amide bonds. The van der Waals surface area contributed by atoms with Crippen LogP contribution in [0.4, 0.5) is 0 Å². The average molecular weight is 316 g/mol. The summed E-state index contributed by atoms with van der Waals surface area (Å²) in [7, 11) is 0. The Bertz CT molecular complexity index is 589. The molecule has 124 valence electrons. The quantitative estimate of drug-likeness (QED) is 0.357. The molecule has 0 spiro atoms. The van der Waals surface area contributed by atoms with E-state index < -0.39 is 5.79 Å². The maximum Gasteiger partial charge on any atom is 0.195 e. The van der Waals surface area contributed by atoms with Gasteiger partial charge in [0.05, 0.1) is 18.6 Å². The number of carbonyl (C=O) groups is 1. The predicted octanol–water partition coefficient (Wildman–Crippen LogP) is 4.03. The number of hydrogen-bond acceptors (Lipinski definition) is 4. The zero-order chi connectivity index (χ0) is 16.7. The summed E-state index contributed by atoms with van der Waals surface area (Å²) in [5.41, 5.74) is 0.918. The van der Waals surface area contributed by atoms with Gasteiger partial charge in [0, 0.05) is 12.2 Å². The molecule has 1 aliphatic carbocycles. The van der Waals surface area contributed by atoms with E-state index in [0.717, 1.165) is 12.8 Å². The van der Waals surface area contributed by atoms with Crippen LogP contribution in [0, 0.1) is 0 Å². The van der Waals surface area contributed by atoms with Crippen molar-refractivity contribution in [3.05, 3.63) is 53.6 Å². The number of rotatable bonds is 7. The number of ether oxygens (including phenoxy) is 2. The molecule has 1 aromatic rings. The Hall–Kier alpha value is -1.91. The highest BCUT2D eigenvalue weighted by Gasteiger charge is 2.37. The largest absolute Gasteiger partial charge is 0.507 e. The third kappa shape index (κ3) is 4.30. The van der Waals surface area contributed by atoms with Crippen LogP contribution >= 0.6 is 0 Å². The van der Waals surface area contributed by atoms with E-state index in [0.29, 0.717) is 24.4 Å². The first-order valence-corrected chi connectivity index (χ1v) is 8.11. The van der Waals surface area contributed by atoms with Gasteiger partial charge in [-0.25, -0.2) is 0 Å². The van der Waals surface area contributed by atoms with Crippen LogP contribution in [0.3, 0.4) is 0 Å². The number of carbonyl (C=O) groups excluding carboxylic acids is 1. The first kappa shape index (κ1) is 17.4. The normalized spacial score (nSPS) is 23.1. The summed E-state index contributed by atoms with van der Waals surface area (Å²) < 4.78 is 11.5. The molecule has 0 aromatic heterocycles. The third-order valence-corrected chi connectivity index (χ3v) is 3.75. The van der Waals surface area contributed by atoms with Crippen LogP contribution in [-0.2, 0) is 14.3 Å². The van der Waals surface area contributed by atoms with Gasteiger partial charge in [-0.2, -0.15) is 0 Å². The molecule has 4 nitrogen and oxygen atoms in total. The van der Waals surface area contributed by atoms with Crippen LogP contribution in [0.15, 0.2) is 48.1 Å². The van der Waals surface area contributed by atoms with E-state index in [9.17, 15) is 9.90 Å². The van der Waals surface area contributed by atoms with Crippen molar-refractivity contribution in [3.8, 4) is 0 Å². The van der Waals surface area contributed by atoms with Crippen LogP contribution in [-0.4, -0.2) is 29.9 Å². The van der Waals surface area contributed by atoms with Crippen molar-refractivity contribution in [1.29, 1.82) is 0 Å². The van der Waals surface area contributed by atoms with E-state index in [4.69, 9.17) is 9.47 Å². The van der Waals surface area contributed by atoms with Gasteiger partial charge in [0.2, 0.25) is 0 Å². The summed E-state index contributed by atoms with van der Waals surface area (Å²) in [6.07, 6.45) is 5.35. The van der Waals surface area contributed by atoms with Gasteiger partial charge < -0.3 is 14.6 Å². The number of hydrogen-bond donors (Lipinski definition) is 1. The van der Waals surface area contributed by atoms with Crippen LogP contribution in [0.2, 0.25) is 0 Å². The molecule has 0 heterocycles. The number of Topliss-reactive ketones (excluding diaryl/α,β-unsaturated/α-hetero) is 1. The fraction of sp³-hybridized carbons (Fsp3) is 0.421. The van der Waals surface area contributed by atoms with Gasteiger partial charge in [-0.1, -0.05) is 43.7 Å². The number of benzene rings is 1. The van der Waals surface area contributed by atoms with Crippen LogP contribution in [0.5, 0.6) is 0 Å². The van der Waals surface area contributed by atoms with Crippen LogP contribution in [0.1, 0.15) is 38.7 Å². The van der Waals surface area contributed by atoms with Crippen molar-refractivity contribution in [1.82, 2.24) is 0 Å². The van der Waals surface area contributed by atoms with Crippen LogP contribution in [0.25, 0.3) is 5.76 Å². The Balaban J connectivity index is 2.26. The van der Waals surface area contributed by atoms with Gasteiger partial charge in [-0.15, -0.1) is 0 Å². The topological polar surface area (TPSA) is 55.8 Å². The molecule has 1 unspecified atom stereocenters. The first-order valence-electron chi connectivity index (χ1n) is 8.11. The van der Waals surface area contributed by atoms with Gasteiger partial charge in [0.25, 0.3) is 0 Å². The molecule has 23 heavy (non-hydrogen) atoms. The zero-order valence-corrected chi connectivity index (χ0v) is 13.7. The molecule has 0 saturated carbocycles. The standard InChI is InChI=1S/C19H24O4/c1-3-5-13-23-19(22-4-2)12-11-16(17(20)14-19)18(21)15-9-7-6-8-10-15/h6-12,21H,3-5,13-14H2,1-2H3. The molecule has 0 aliphatic heterocycles. The molecular weight excluding hydrogens is 292 g/mol. The second-order valence-electron chi connectivity index (χ2n) is 5.51. The lowest BCUT2D eigenvalue weighted by Crippen LogP contribution is -2.39. The number of aliphatic hydroxyl groups is 1. The highest BCUT2D eigenvalue weighted by molar-refractivity contribution is 6.05. The van der Waals surface area contributed by atoms with Crippen molar-refractivity contribution in [2.75, 3.05) is 13.2 Å². The lowest BCUT2D eigenvalue weighted by molar-refractivity contribution is -0.206. The highest BCUT2D eigenvalue weighted by Crippen LogP contribution is 2.31. The van der Waals surface area contributed by atoms with Gasteiger partial charge in [0.15, 0.2) is 11.6 Å². The van der Waals surface area contributed by atoms with E-state index in [1.807, 2.05) is 25.1 Å². The van der Waals surface area contributed by atoms with Crippen molar-refractivity contribution in [2.24, 2.45) is 0 Å². The summed E-state index contributed by atoms with van der Waals surface area (Å²) in [6.45, 7) is 4.94. The molecule has 0 bridgehead atoms. The minimum atomic E-state index is -1.01.